The summed E-state index contributed by atoms with van der Waals surface area (Å²) in [6.07, 6.45) is 0.623. The van der Waals surface area contributed by atoms with Gasteiger partial charge in [-0.15, -0.1) is 0 Å². The molecule has 0 heterocycles. The summed E-state index contributed by atoms with van der Waals surface area (Å²) < 4.78 is 0. The monoisotopic (exact) mass is 189 g/mol. The minimum absolute atomic E-state index is 0.325. The van der Waals surface area contributed by atoms with Crippen molar-refractivity contribution in [1.29, 1.82) is 5.26 Å². The molecule has 1 rings (SSSR count). The molecule has 3 nitrogen and oxygen atoms in total. The lowest BCUT2D eigenvalue weighted by Gasteiger charge is -2.07. The lowest BCUT2D eigenvalue weighted by Crippen LogP contribution is -2.05. The second-order valence-electron chi connectivity index (χ2n) is 3.10. The van der Waals surface area contributed by atoms with Crippen molar-refractivity contribution in [3.63, 3.8) is 0 Å². The van der Waals surface area contributed by atoms with Gasteiger partial charge >= 0.3 is 5.97 Å². The molecule has 0 unspecified atom stereocenters. The molecule has 14 heavy (non-hydrogen) atoms. The van der Waals surface area contributed by atoms with E-state index >= 15 is 0 Å². The summed E-state index contributed by atoms with van der Waals surface area (Å²) in [7, 11) is 0. The van der Waals surface area contributed by atoms with Crippen LogP contribution in [-0.2, 0) is 6.42 Å². The molecule has 0 fully saturated rings. The second-order valence-corrected chi connectivity index (χ2v) is 3.10. The summed E-state index contributed by atoms with van der Waals surface area (Å²) in [4.78, 5) is 10.9. The lowest BCUT2D eigenvalue weighted by molar-refractivity contribution is 0.0695. The Bertz CT molecular complexity index is 416. The molecule has 0 aromatic heterocycles. The Morgan fingerprint density at radius 3 is 2.64 bits per heavy atom. The fourth-order valence-electron chi connectivity index (χ4n) is 1.51. The van der Waals surface area contributed by atoms with E-state index < -0.39 is 5.97 Å². The smallest absolute Gasteiger partial charge is 0.336 e. The number of nitrogens with zero attached hydrogens (tertiary/aromatic N) is 1. The van der Waals surface area contributed by atoms with Crippen molar-refractivity contribution < 1.29 is 9.90 Å². The molecule has 0 aliphatic carbocycles. The van der Waals surface area contributed by atoms with Crippen molar-refractivity contribution in [2.75, 3.05) is 0 Å². The van der Waals surface area contributed by atoms with Crippen LogP contribution in [0.25, 0.3) is 0 Å². The van der Waals surface area contributed by atoms with E-state index in [2.05, 4.69) is 0 Å². The predicted octanol–water partition coefficient (Wildman–Crippen LogP) is 2.13. The van der Waals surface area contributed by atoms with Gasteiger partial charge in [0.1, 0.15) is 0 Å². The van der Waals surface area contributed by atoms with Crippen LogP contribution in [0.5, 0.6) is 0 Å². The Kier molecular flexibility index (Phi) is 2.88. The van der Waals surface area contributed by atoms with E-state index in [0.717, 1.165) is 0 Å². The average Bonchev–Trinajstić information content (AvgIpc) is 2.15. The number of rotatable bonds is 2. The molecule has 0 atom stereocenters. The summed E-state index contributed by atoms with van der Waals surface area (Å²) in [5.41, 5.74) is 2.21. The van der Waals surface area contributed by atoms with Crippen LogP contribution in [0.4, 0.5) is 0 Å². The van der Waals surface area contributed by atoms with Crippen molar-refractivity contribution >= 4 is 5.97 Å². The number of hydrogen-bond donors (Lipinski definition) is 1. The molecule has 1 aromatic carbocycles. The first-order valence-corrected chi connectivity index (χ1v) is 4.37. The van der Waals surface area contributed by atoms with Crippen LogP contribution >= 0.6 is 0 Å². The van der Waals surface area contributed by atoms with Crippen molar-refractivity contribution in [2.24, 2.45) is 0 Å². The Balaban J connectivity index is 3.44. The quantitative estimate of drug-likeness (QED) is 0.775. The fourth-order valence-corrected chi connectivity index (χ4v) is 1.51. The molecule has 0 spiro atoms. The van der Waals surface area contributed by atoms with Gasteiger partial charge in [-0.1, -0.05) is 6.92 Å². The van der Waals surface area contributed by atoms with Gasteiger partial charge in [0.25, 0.3) is 0 Å². The minimum atomic E-state index is -0.927. The highest BCUT2D eigenvalue weighted by Crippen LogP contribution is 2.17. The van der Waals surface area contributed by atoms with Crippen LogP contribution in [0.15, 0.2) is 12.1 Å². The van der Waals surface area contributed by atoms with E-state index in [9.17, 15) is 4.79 Å². The number of carboxylic acids is 1. The number of hydrogen-bond acceptors (Lipinski definition) is 2. The molecule has 0 aliphatic rings. The van der Waals surface area contributed by atoms with Gasteiger partial charge in [0, 0.05) is 0 Å². The first kappa shape index (κ1) is 10.3. The number of carboxylic acid groups (broad SMARTS) is 1. The van der Waals surface area contributed by atoms with Gasteiger partial charge in [0.15, 0.2) is 0 Å². The summed E-state index contributed by atoms with van der Waals surface area (Å²) >= 11 is 0. The summed E-state index contributed by atoms with van der Waals surface area (Å²) in [6.45, 7) is 3.59. The molecule has 0 radical (unpaired) electrons. The topological polar surface area (TPSA) is 61.1 Å². The molecule has 72 valence electrons. The third-order valence-electron chi connectivity index (χ3n) is 2.14. The fraction of sp³-hybridized carbons (Fsp3) is 0.273. The van der Waals surface area contributed by atoms with Gasteiger partial charge in [0.2, 0.25) is 0 Å². The Labute approximate surface area is 82.6 Å². The zero-order chi connectivity index (χ0) is 10.7. The van der Waals surface area contributed by atoms with E-state index in [4.69, 9.17) is 10.4 Å². The molecular formula is C11H11NO2. The van der Waals surface area contributed by atoms with Gasteiger partial charge in [-0.25, -0.2) is 4.79 Å². The molecule has 0 amide bonds. The maximum Gasteiger partial charge on any atom is 0.336 e. The highest BCUT2D eigenvalue weighted by atomic mass is 16.4. The standard InChI is InChI=1S/C11H11NO2/c1-3-9-5-8(6-12)4-7(2)10(9)11(13)14/h4-5H,3H2,1-2H3,(H,13,14). The highest BCUT2D eigenvalue weighted by Gasteiger charge is 2.13. The van der Waals surface area contributed by atoms with Gasteiger partial charge in [-0.05, 0) is 36.6 Å². The van der Waals surface area contributed by atoms with Gasteiger partial charge < -0.3 is 5.11 Å². The van der Waals surface area contributed by atoms with Crippen LogP contribution in [0.3, 0.4) is 0 Å². The van der Waals surface area contributed by atoms with Crippen molar-refractivity contribution in [3.8, 4) is 6.07 Å². The molecular weight excluding hydrogens is 178 g/mol. The summed E-state index contributed by atoms with van der Waals surface area (Å²) in [5, 5.41) is 17.7. The SMILES string of the molecule is CCc1cc(C#N)cc(C)c1C(=O)O. The van der Waals surface area contributed by atoms with Gasteiger partial charge in [-0.3, -0.25) is 0 Å². The van der Waals surface area contributed by atoms with Crippen molar-refractivity contribution in [1.82, 2.24) is 0 Å². The zero-order valence-electron chi connectivity index (χ0n) is 8.16. The number of aromatic carboxylic acids is 1. The van der Waals surface area contributed by atoms with Crippen LogP contribution in [-0.4, -0.2) is 11.1 Å². The normalized spacial score (nSPS) is 9.50. The summed E-state index contributed by atoms with van der Waals surface area (Å²) in [5.74, 6) is -0.927. The second kappa shape index (κ2) is 3.93. The van der Waals surface area contributed by atoms with E-state index in [-0.39, 0.29) is 0 Å². The van der Waals surface area contributed by atoms with Crippen LogP contribution in [0.1, 0.15) is 34.0 Å². The van der Waals surface area contributed by atoms with E-state index in [1.165, 1.54) is 0 Å². The minimum Gasteiger partial charge on any atom is -0.478 e. The largest absolute Gasteiger partial charge is 0.478 e. The number of nitriles is 1. The lowest BCUT2D eigenvalue weighted by atomic mass is 9.97. The highest BCUT2D eigenvalue weighted by molar-refractivity contribution is 5.91. The first-order valence-electron chi connectivity index (χ1n) is 4.37. The van der Waals surface area contributed by atoms with Crippen LogP contribution < -0.4 is 0 Å². The molecule has 0 bridgehead atoms. The molecule has 1 aromatic rings. The van der Waals surface area contributed by atoms with Crippen molar-refractivity contribution in [2.45, 2.75) is 20.3 Å². The number of aryl methyl sites for hydroxylation is 2. The Morgan fingerprint density at radius 1 is 1.57 bits per heavy atom. The van der Waals surface area contributed by atoms with E-state index in [1.54, 1.807) is 19.1 Å². The van der Waals surface area contributed by atoms with Crippen LogP contribution in [0.2, 0.25) is 0 Å². The zero-order valence-corrected chi connectivity index (χ0v) is 8.16. The third kappa shape index (κ3) is 1.74. The van der Waals surface area contributed by atoms with Gasteiger partial charge in [0.05, 0.1) is 17.2 Å². The molecule has 3 heteroatoms. The molecule has 0 saturated carbocycles. The Hall–Kier alpha value is -1.82. The number of carbonyl (C=O) groups is 1. The molecule has 0 saturated heterocycles. The van der Waals surface area contributed by atoms with E-state index in [0.29, 0.717) is 28.7 Å². The summed E-state index contributed by atoms with van der Waals surface area (Å²) in [6, 6.07) is 5.25. The number of benzene rings is 1. The maximum absolute atomic E-state index is 10.9. The molecule has 0 aliphatic heterocycles. The van der Waals surface area contributed by atoms with E-state index in [1.807, 2.05) is 13.0 Å². The Morgan fingerprint density at radius 2 is 2.21 bits per heavy atom. The maximum atomic E-state index is 10.9. The average molecular weight is 189 g/mol. The van der Waals surface area contributed by atoms with Crippen LogP contribution in [0, 0.1) is 18.3 Å². The first-order chi connectivity index (χ1) is 6.60. The third-order valence-corrected chi connectivity index (χ3v) is 2.14. The predicted molar refractivity (Wildman–Crippen MR) is 52.2 cm³/mol. The van der Waals surface area contributed by atoms with Gasteiger partial charge in [-0.2, -0.15) is 5.26 Å². The molecule has 1 N–H and O–H groups in total. The van der Waals surface area contributed by atoms with Crippen molar-refractivity contribution in [3.05, 3.63) is 34.4 Å².